The van der Waals surface area contributed by atoms with E-state index in [9.17, 15) is 4.79 Å². The number of ketones is 1. The van der Waals surface area contributed by atoms with Gasteiger partial charge in [0.15, 0.2) is 5.78 Å². The monoisotopic (exact) mass is 348 g/mol. The van der Waals surface area contributed by atoms with Crippen LogP contribution in [-0.4, -0.2) is 24.3 Å². The van der Waals surface area contributed by atoms with E-state index in [-0.39, 0.29) is 5.78 Å². The summed E-state index contributed by atoms with van der Waals surface area (Å²) in [5, 5.41) is 10.8. The van der Waals surface area contributed by atoms with Gasteiger partial charge in [0.2, 0.25) is 0 Å². The van der Waals surface area contributed by atoms with E-state index in [1.165, 1.54) is 5.56 Å². The van der Waals surface area contributed by atoms with Crippen molar-refractivity contribution in [1.82, 2.24) is 4.90 Å². The number of carbonyl (C=O) groups excluding carboxylic acids is 1. The fraction of sp³-hybridized carbons (Fsp3) is 0.200. The average molecular weight is 349 g/mol. The average Bonchev–Trinajstić information content (AvgIpc) is 2.84. The molecule has 0 atom stereocenters. The Morgan fingerprint density at radius 3 is 2.65 bits per heavy atom. The first-order valence-electron chi connectivity index (χ1n) is 6.03. The summed E-state index contributed by atoms with van der Waals surface area (Å²) < 4.78 is 1.10. The molecule has 0 N–H and O–H groups in total. The number of Topliss-reactive ketones (excluding diaryl/α,β-unsaturated/α-hetero) is 1. The van der Waals surface area contributed by atoms with Crippen molar-refractivity contribution in [1.29, 1.82) is 5.26 Å². The van der Waals surface area contributed by atoms with Crippen molar-refractivity contribution in [2.45, 2.75) is 6.54 Å². The molecule has 0 spiro atoms. The highest BCUT2D eigenvalue weighted by atomic mass is 79.9. The van der Waals surface area contributed by atoms with Crippen LogP contribution >= 0.6 is 27.3 Å². The van der Waals surface area contributed by atoms with Crippen molar-refractivity contribution >= 4 is 33.0 Å². The fourth-order valence-electron chi connectivity index (χ4n) is 1.86. The lowest BCUT2D eigenvalue weighted by Gasteiger charge is -2.14. The number of thiophene rings is 1. The number of nitriles is 1. The van der Waals surface area contributed by atoms with E-state index >= 15 is 0 Å². The quantitative estimate of drug-likeness (QED) is 0.773. The van der Waals surface area contributed by atoms with E-state index in [2.05, 4.69) is 27.4 Å². The smallest absolute Gasteiger partial charge is 0.176 e. The number of benzene rings is 1. The molecule has 3 nitrogen and oxygen atoms in total. The zero-order valence-corrected chi connectivity index (χ0v) is 13.4. The van der Waals surface area contributed by atoms with Crippen LogP contribution in [0.2, 0.25) is 0 Å². The van der Waals surface area contributed by atoms with E-state index in [0.29, 0.717) is 17.7 Å². The zero-order chi connectivity index (χ0) is 14.5. The summed E-state index contributed by atoms with van der Waals surface area (Å²) in [4.78, 5) is 14.1. The van der Waals surface area contributed by atoms with Crippen LogP contribution in [0.4, 0.5) is 0 Å². The Morgan fingerprint density at radius 1 is 1.40 bits per heavy atom. The summed E-state index contributed by atoms with van der Waals surface area (Å²) >= 11 is 5.07. The predicted molar refractivity (Wildman–Crippen MR) is 83.8 cm³/mol. The third-order valence-corrected chi connectivity index (χ3v) is 4.38. The molecule has 0 saturated carbocycles. The maximum atomic E-state index is 12.1. The van der Waals surface area contributed by atoms with E-state index in [0.717, 1.165) is 10.3 Å². The van der Waals surface area contributed by atoms with E-state index < -0.39 is 0 Å². The highest BCUT2D eigenvalue weighted by Gasteiger charge is 2.10. The lowest BCUT2D eigenvalue weighted by molar-refractivity contribution is 0.0943. The molecule has 1 heterocycles. The molecule has 5 heteroatoms. The first-order valence-corrected chi connectivity index (χ1v) is 7.70. The number of likely N-dealkylation sites (N-methyl/N-ethyl adjacent to an activating group) is 1. The molecular formula is C15H13BrN2OS. The van der Waals surface area contributed by atoms with E-state index in [1.807, 2.05) is 18.0 Å². The summed E-state index contributed by atoms with van der Waals surface area (Å²) in [6, 6.07) is 10.9. The number of hydrogen-bond acceptors (Lipinski definition) is 4. The molecule has 2 rings (SSSR count). The van der Waals surface area contributed by atoms with Gasteiger partial charge in [-0.15, -0.1) is 11.3 Å². The van der Waals surface area contributed by atoms with Crippen LogP contribution in [0.25, 0.3) is 0 Å². The fourth-order valence-corrected chi connectivity index (χ4v) is 3.06. The number of nitrogens with zero attached hydrogens (tertiary/aromatic N) is 2. The van der Waals surface area contributed by atoms with Crippen LogP contribution in [0.3, 0.4) is 0 Å². The normalized spacial score (nSPS) is 10.5. The van der Waals surface area contributed by atoms with Gasteiger partial charge < -0.3 is 0 Å². The maximum absolute atomic E-state index is 12.1. The van der Waals surface area contributed by atoms with Crippen molar-refractivity contribution in [2.75, 3.05) is 13.6 Å². The molecule has 2 aromatic rings. The van der Waals surface area contributed by atoms with Crippen LogP contribution in [0, 0.1) is 11.3 Å². The van der Waals surface area contributed by atoms with Crippen LogP contribution in [-0.2, 0) is 6.54 Å². The Bertz CT molecular complexity index is 643. The summed E-state index contributed by atoms with van der Waals surface area (Å²) in [5.41, 5.74) is 2.40. The number of halogens is 1. The molecule has 20 heavy (non-hydrogen) atoms. The van der Waals surface area contributed by atoms with Crippen molar-refractivity contribution < 1.29 is 4.79 Å². The molecule has 0 fully saturated rings. The molecule has 0 aliphatic rings. The van der Waals surface area contributed by atoms with Crippen LogP contribution in [0.15, 0.2) is 39.5 Å². The highest BCUT2D eigenvalue weighted by Crippen LogP contribution is 2.21. The molecule has 1 aromatic carbocycles. The third-order valence-electron chi connectivity index (χ3n) is 2.82. The van der Waals surface area contributed by atoms with Gasteiger partial charge in [-0.3, -0.25) is 9.69 Å². The van der Waals surface area contributed by atoms with Crippen LogP contribution in [0.1, 0.15) is 21.5 Å². The van der Waals surface area contributed by atoms with E-state index in [4.69, 9.17) is 5.26 Å². The number of rotatable bonds is 5. The van der Waals surface area contributed by atoms with E-state index in [1.54, 1.807) is 35.6 Å². The summed E-state index contributed by atoms with van der Waals surface area (Å²) in [5.74, 6) is 0.0614. The highest BCUT2D eigenvalue weighted by molar-refractivity contribution is 9.11. The SMILES string of the molecule is CN(CC(=O)c1ccc(C#N)cc1)Cc1csc(Br)c1. The third kappa shape index (κ3) is 4.01. The van der Waals surface area contributed by atoms with Gasteiger partial charge in [0.25, 0.3) is 0 Å². The van der Waals surface area contributed by atoms with Gasteiger partial charge in [0.1, 0.15) is 0 Å². The molecule has 0 bridgehead atoms. The molecule has 0 unspecified atom stereocenters. The molecule has 0 amide bonds. The lowest BCUT2D eigenvalue weighted by Crippen LogP contribution is -2.25. The molecule has 1 aromatic heterocycles. The van der Waals surface area contributed by atoms with Gasteiger partial charge in [0.05, 0.1) is 22.0 Å². The second-order valence-electron chi connectivity index (χ2n) is 4.54. The van der Waals surface area contributed by atoms with Crippen molar-refractivity contribution in [3.8, 4) is 6.07 Å². The molecular weight excluding hydrogens is 336 g/mol. The number of carbonyl (C=O) groups is 1. The van der Waals surface area contributed by atoms with Gasteiger partial charge in [-0.2, -0.15) is 5.26 Å². The second kappa shape index (κ2) is 6.80. The molecule has 0 aliphatic heterocycles. The standard InChI is InChI=1S/C15H13BrN2OS/c1-18(8-12-6-15(16)20-10-12)9-14(19)13-4-2-11(7-17)3-5-13/h2-6,10H,8-9H2,1H3. The summed E-state index contributed by atoms with van der Waals surface area (Å²) in [7, 11) is 1.92. The number of hydrogen-bond donors (Lipinski definition) is 0. The van der Waals surface area contributed by atoms with Gasteiger partial charge in [-0.05, 0) is 52.1 Å². The molecule has 102 valence electrons. The minimum Gasteiger partial charge on any atom is -0.295 e. The van der Waals surface area contributed by atoms with Gasteiger partial charge in [-0.1, -0.05) is 12.1 Å². The largest absolute Gasteiger partial charge is 0.295 e. The topological polar surface area (TPSA) is 44.1 Å². The first-order chi connectivity index (χ1) is 9.58. The minimum absolute atomic E-state index is 0.0614. The van der Waals surface area contributed by atoms with Crippen molar-refractivity contribution in [3.05, 3.63) is 56.2 Å². The second-order valence-corrected chi connectivity index (χ2v) is 6.83. The molecule has 0 aliphatic carbocycles. The Kier molecular flexibility index (Phi) is 5.07. The van der Waals surface area contributed by atoms with Gasteiger partial charge in [0, 0.05) is 12.1 Å². The Morgan fingerprint density at radius 2 is 2.10 bits per heavy atom. The predicted octanol–water partition coefficient (Wildman–Crippen LogP) is 3.70. The van der Waals surface area contributed by atoms with Crippen LogP contribution in [0.5, 0.6) is 0 Å². The summed E-state index contributed by atoms with van der Waals surface area (Å²) in [6.07, 6.45) is 0. The minimum atomic E-state index is 0.0614. The van der Waals surface area contributed by atoms with Gasteiger partial charge in [-0.25, -0.2) is 0 Å². The molecule has 0 radical (unpaired) electrons. The van der Waals surface area contributed by atoms with Crippen molar-refractivity contribution in [2.24, 2.45) is 0 Å². The van der Waals surface area contributed by atoms with Crippen molar-refractivity contribution in [3.63, 3.8) is 0 Å². The zero-order valence-electron chi connectivity index (χ0n) is 11.0. The van der Waals surface area contributed by atoms with Crippen LogP contribution < -0.4 is 0 Å². The maximum Gasteiger partial charge on any atom is 0.176 e. The Labute approximate surface area is 130 Å². The first kappa shape index (κ1) is 14.9. The lowest BCUT2D eigenvalue weighted by atomic mass is 10.1. The van der Waals surface area contributed by atoms with Gasteiger partial charge >= 0.3 is 0 Å². The molecule has 0 saturated heterocycles. The summed E-state index contributed by atoms with van der Waals surface area (Å²) in [6.45, 7) is 1.10. The Balaban J connectivity index is 1.94. The Hall–Kier alpha value is -1.48.